The van der Waals surface area contributed by atoms with Gasteiger partial charge in [-0.25, -0.2) is 9.59 Å². The summed E-state index contributed by atoms with van der Waals surface area (Å²) in [5.41, 5.74) is 0. The normalized spacial score (nSPS) is 11.3. The molecule has 0 unspecified atom stereocenters. The SMILES string of the molecule is CCCCCCCCCCCCCCCCCCCCCCCOC(=O)C(=O)OCCCCCCCCCCCCCCCCCCCCCCC. The third-order valence-electron chi connectivity index (χ3n) is 11.1. The Morgan fingerprint density at radius 3 is 0.519 bits per heavy atom. The van der Waals surface area contributed by atoms with Crippen LogP contribution in [-0.4, -0.2) is 25.2 Å². The molecule has 0 rings (SSSR count). The maximum absolute atomic E-state index is 11.9. The van der Waals surface area contributed by atoms with Crippen LogP contribution in [0.25, 0.3) is 0 Å². The van der Waals surface area contributed by atoms with Gasteiger partial charge in [0, 0.05) is 0 Å². The number of ether oxygens (including phenoxy) is 2. The molecule has 0 aliphatic rings. The third-order valence-corrected chi connectivity index (χ3v) is 11.1. The summed E-state index contributed by atoms with van der Waals surface area (Å²) in [6.07, 6.45) is 56.7. The van der Waals surface area contributed by atoms with E-state index in [4.69, 9.17) is 9.47 Å². The molecule has 0 saturated carbocycles. The van der Waals surface area contributed by atoms with Crippen molar-refractivity contribution in [3.63, 3.8) is 0 Å². The summed E-state index contributed by atoms with van der Waals surface area (Å²) in [5.74, 6) is -1.65. The molecule has 0 radical (unpaired) electrons. The number of hydrogen-bond acceptors (Lipinski definition) is 4. The van der Waals surface area contributed by atoms with Gasteiger partial charge < -0.3 is 9.47 Å². The van der Waals surface area contributed by atoms with Crippen molar-refractivity contribution in [3.8, 4) is 0 Å². The van der Waals surface area contributed by atoms with E-state index in [1.54, 1.807) is 0 Å². The van der Waals surface area contributed by atoms with Crippen molar-refractivity contribution < 1.29 is 19.1 Å². The fourth-order valence-electron chi connectivity index (χ4n) is 7.52. The Morgan fingerprint density at radius 1 is 0.231 bits per heavy atom. The van der Waals surface area contributed by atoms with Crippen LogP contribution >= 0.6 is 0 Å². The second-order valence-electron chi connectivity index (χ2n) is 16.4. The lowest BCUT2D eigenvalue weighted by atomic mass is 10.0. The summed E-state index contributed by atoms with van der Waals surface area (Å²) in [7, 11) is 0. The molecule has 0 bridgehead atoms. The van der Waals surface area contributed by atoms with Gasteiger partial charge in [-0.3, -0.25) is 0 Å². The topological polar surface area (TPSA) is 52.6 Å². The standard InChI is InChI=1S/C48H94O4/c1-3-5-7-9-11-13-15-17-19-21-23-25-27-29-31-33-35-37-39-41-43-45-51-47(49)48(50)52-46-44-42-40-38-36-34-32-30-28-26-24-22-20-18-16-14-12-10-8-6-4-2/h3-46H2,1-2H3. The highest BCUT2D eigenvalue weighted by atomic mass is 16.6. The molecule has 0 heterocycles. The van der Waals surface area contributed by atoms with E-state index in [-0.39, 0.29) is 0 Å². The average Bonchev–Trinajstić information content (AvgIpc) is 3.15. The number of carbonyl (C=O) groups excluding carboxylic acids is 2. The number of rotatable bonds is 44. The van der Waals surface area contributed by atoms with Gasteiger partial charge in [0.25, 0.3) is 0 Å². The minimum absolute atomic E-state index is 0.326. The van der Waals surface area contributed by atoms with E-state index in [0.717, 1.165) is 25.7 Å². The lowest BCUT2D eigenvalue weighted by molar-refractivity contribution is -0.167. The summed E-state index contributed by atoms with van der Waals surface area (Å²) >= 11 is 0. The molecule has 310 valence electrons. The Hall–Kier alpha value is -1.06. The van der Waals surface area contributed by atoms with Crippen LogP contribution < -0.4 is 0 Å². The first-order valence-corrected chi connectivity index (χ1v) is 24.1. The molecule has 4 nitrogen and oxygen atoms in total. The lowest BCUT2D eigenvalue weighted by Crippen LogP contribution is -2.21. The van der Waals surface area contributed by atoms with E-state index >= 15 is 0 Å². The molecule has 0 aliphatic carbocycles. The zero-order chi connectivity index (χ0) is 37.7. The summed E-state index contributed by atoms with van der Waals surface area (Å²) in [5, 5.41) is 0. The predicted octanol–water partition coefficient (Wildman–Crippen LogP) is 16.5. The van der Waals surface area contributed by atoms with Crippen LogP contribution in [0.3, 0.4) is 0 Å². The van der Waals surface area contributed by atoms with Crippen LogP contribution in [0.1, 0.15) is 284 Å². The number of hydrogen-bond donors (Lipinski definition) is 0. The van der Waals surface area contributed by atoms with Crippen molar-refractivity contribution in [1.82, 2.24) is 0 Å². The summed E-state index contributed by atoms with van der Waals surface area (Å²) in [6.45, 7) is 5.23. The second-order valence-corrected chi connectivity index (χ2v) is 16.4. The first-order chi connectivity index (χ1) is 25.7. The van der Waals surface area contributed by atoms with Gasteiger partial charge in [-0.05, 0) is 12.8 Å². The molecule has 0 aromatic carbocycles. The minimum atomic E-state index is -0.823. The molecular weight excluding hydrogens is 641 g/mol. The van der Waals surface area contributed by atoms with Crippen molar-refractivity contribution in [3.05, 3.63) is 0 Å². The maximum atomic E-state index is 11.9. The molecule has 0 N–H and O–H groups in total. The molecule has 4 heteroatoms. The fraction of sp³-hybridized carbons (Fsp3) is 0.958. The zero-order valence-corrected chi connectivity index (χ0v) is 35.7. The van der Waals surface area contributed by atoms with Gasteiger partial charge in [0.1, 0.15) is 0 Å². The zero-order valence-electron chi connectivity index (χ0n) is 35.7. The van der Waals surface area contributed by atoms with Crippen LogP contribution in [-0.2, 0) is 19.1 Å². The van der Waals surface area contributed by atoms with Crippen LogP contribution in [0.15, 0.2) is 0 Å². The van der Waals surface area contributed by atoms with Gasteiger partial charge in [-0.1, -0.05) is 271 Å². The van der Waals surface area contributed by atoms with E-state index in [1.165, 1.54) is 244 Å². The molecule has 0 spiro atoms. The molecular formula is C48H94O4. The Bertz CT molecular complexity index is 634. The van der Waals surface area contributed by atoms with Crippen LogP contribution in [0.4, 0.5) is 0 Å². The monoisotopic (exact) mass is 735 g/mol. The highest BCUT2D eigenvalue weighted by Gasteiger charge is 2.16. The molecule has 0 aromatic rings. The molecule has 0 amide bonds. The Kier molecular flexibility index (Phi) is 45.2. The number of esters is 2. The quantitative estimate of drug-likeness (QED) is 0.0355. The van der Waals surface area contributed by atoms with Crippen LogP contribution in [0.5, 0.6) is 0 Å². The lowest BCUT2D eigenvalue weighted by Gasteiger charge is -2.06. The molecule has 0 fully saturated rings. The molecule has 0 atom stereocenters. The highest BCUT2D eigenvalue weighted by molar-refractivity contribution is 6.29. The smallest absolute Gasteiger partial charge is 0.417 e. The van der Waals surface area contributed by atoms with E-state index < -0.39 is 11.9 Å². The van der Waals surface area contributed by atoms with Gasteiger partial charge in [0.15, 0.2) is 0 Å². The predicted molar refractivity (Wildman–Crippen MR) is 227 cm³/mol. The molecule has 0 aliphatic heterocycles. The van der Waals surface area contributed by atoms with Gasteiger partial charge in [0.2, 0.25) is 0 Å². The Morgan fingerprint density at radius 2 is 0.365 bits per heavy atom. The fourth-order valence-corrected chi connectivity index (χ4v) is 7.52. The third kappa shape index (κ3) is 43.3. The molecule has 52 heavy (non-hydrogen) atoms. The summed E-state index contributed by atoms with van der Waals surface area (Å²) in [4.78, 5) is 23.8. The summed E-state index contributed by atoms with van der Waals surface area (Å²) < 4.78 is 10.3. The van der Waals surface area contributed by atoms with Crippen molar-refractivity contribution in [2.75, 3.05) is 13.2 Å². The van der Waals surface area contributed by atoms with Crippen molar-refractivity contribution >= 4 is 11.9 Å². The Balaban J connectivity index is 3.24. The van der Waals surface area contributed by atoms with Gasteiger partial charge in [0.05, 0.1) is 13.2 Å². The summed E-state index contributed by atoms with van der Waals surface area (Å²) in [6, 6.07) is 0. The van der Waals surface area contributed by atoms with Gasteiger partial charge in [-0.15, -0.1) is 0 Å². The van der Waals surface area contributed by atoms with Crippen LogP contribution in [0.2, 0.25) is 0 Å². The minimum Gasteiger partial charge on any atom is -0.457 e. The van der Waals surface area contributed by atoms with E-state index in [1.807, 2.05) is 0 Å². The van der Waals surface area contributed by atoms with Crippen molar-refractivity contribution in [2.24, 2.45) is 0 Å². The van der Waals surface area contributed by atoms with Crippen LogP contribution in [0, 0.1) is 0 Å². The van der Waals surface area contributed by atoms with E-state index in [2.05, 4.69) is 13.8 Å². The Labute approximate surface area is 326 Å². The average molecular weight is 735 g/mol. The largest absolute Gasteiger partial charge is 0.457 e. The molecule has 0 aromatic heterocycles. The molecule has 0 saturated heterocycles. The van der Waals surface area contributed by atoms with Gasteiger partial charge >= 0.3 is 11.9 Å². The first-order valence-electron chi connectivity index (χ1n) is 24.1. The van der Waals surface area contributed by atoms with Crippen molar-refractivity contribution in [1.29, 1.82) is 0 Å². The number of unbranched alkanes of at least 4 members (excludes halogenated alkanes) is 40. The van der Waals surface area contributed by atoms with Crippen molar-refractivity contribution in [2.45, 2.75) is 284 Å². The first kappa shape index (κ1) is 50.9. The maximum Gasteiger partial charge on any atom is 0.417 e. The highest BCUT2D eigenvalue weighted by Crippen LogP contribution is 2.17. The van der Waals surface area contributed by atoms with Gasteiger partial charge in [-0.2, -0.15) is 0 Å². The second kappa shape index (κ2) is 46.1. The van der Waals surface area contributed by atoms with E-state index in [0.29, 0.717) is 13.2 Å². The van der Waals surface area contributed by atoms with E-state index in [9.17, 15) is 9.59 Å². The number of carbonyl (C=O) groups is 2.